The Morgan fingerprint density at radius 1 is 1.38 bits per heavy atom. The summed E-state index contributed by atoms with van der Waals surface area (Å²) < 4.78 is 36.2. The van der Waals surface area contributed by atoms with Crippen LogP contribution >= 0.6 is 0 Å². The summed E-state index contributed by atoms with van der Waals surface area (Å²) in [6, 6.07) is 0. The molecule has 1 atom stereocenters. The third-order valence-corrected chi connectivity index (χ3v) is 1.55. The van der Waals surface area contributed by atoms with Crippen LogP contribution in [0.25, 0.3) is 0 Å². The second-order valence-corrected chi connectivity index (χ2v) is 2.55. The van der Waals surface area contributed by atoms with Crippen LogP contribution in [0.15, 0.2) is 24.0 Å². The molecule has 3 nitrogen and oxygen atoms in total. The standard InChI is InChI=1S/C7H5F3O3/c8-7(9,10)6(13)2-1-4(11)5(12)3-6/h1-3,12-13H. The SMILES string of the molecule is O=C1C=CC(O)(C(F)(F)F)C=C1O. The number of rotatable bonds is 0. The van der Waals surface area contributed by atoms with Crippen LogP contribution in [0.2, 0.25) is 0 Å². The first-order valence-corrected chi connectivity index (χ1v) is 3.21. The predicted molar refractivity (Wildman–Crippen MR) is 35.9 cm³/mol. The number of hydrogen-bond acceptors (Lipinski definition) is 3. The number of hydrogen-bond donors (Lipinski definition) is 2. The normalized spacial score (nSPS) is 28.9. The topological polar surface area (TPSA) is 57.5 Å². The Kier molecular flexibility index (Phi) is 1.95. The lowest BCUT2D eigenvalue weighted by atomic mass is 9.96. The van der Waals surface area contributed by atoms with Crippen molar-refractivity contribution in [2.45, 2.75) is 11.8 Å². The van der Waals surface area contributed by atoms with E-state index in [-0.39, 0.29) is 12.2 Å². The van der Waals surface area contributed by atoms with Gasteiger partial charge in [0.05, 0.1) is 0 Å². The average molecular weight is 194 g/mol. The minimum absolute atomic E-state index is 0.0648. The molecule has 0 bridgehead atoms. The van der Waals surface area contributed by atoms with E-state index >= 15 is 0 Å². The zero-order valence-corrected chi connectivity index (χ0v) is 6.17. The molecule has 0 heterocycles. The van der Waals surface area contributed by atoms with Crippen LogP contribution in [0.1, 0.15) is 0 Å². The predicted octanol–water partition coefficient (Wildman–Crippen LogP) is 0.861. The monoisotopic (exact) mass is 194 g/mol. The quantitative estimate of drug-likeness (QED) is 0.601. The zero-order chi connectivity index (χ0) is 10.3. The molecule has 1 aliphatic rings. The van der Waals surface area contributed by atoms with Crippen molar-refractivity contribution in [1.82, 2.24) is 0 Å². The van der Waals surface area contributed by atoms with E-state index in [4.69, 9.17) is 10.2 Å². The van der Waals surface area contributed by atoms with Crippen molar-refractivity contribution in [2.24, 2.45) is 0 Å². The number of aliphatic hydroxyl groups excluding tert-OH is 1. The van der Waals surface area contributed by atoms with E-state index < -0.39 is 23.3 Å². The summed E-state index contributed by atoms with van der Waals surface area (Å²) in [6.45, 7) is 0. The maximum atomic E-state index is 12.1. The molecule has 0 aromatic heterocycles. The zero-order valence-electron chi connectivity index (χ0n) is 6.17. The van der Waals surface area contributed by atoms with Gasteiger partial charge < -0.3 is 10.2 Å². The van der Waals surface area contributed by atoms with Gasteiger partial charge in [-0.1, -0.05) is 0 Å². The van der Waals surface area contributed by atoms with Crippen molar-refractivity contribution in [3.8, 4) is 0 Å². The van der Waals surface area contributed by atoms with Gasteiger partial charge in [0, 0.05) is 6.08 Å². The Morgan fingerprint density at radius 3 is 2.31 bits per heavy atom. The van der Waals surface area contributed by atoms with Crippen molar-refractivity contribution in [1.29, 1.82) is 0 Å². The molecular formula is C7H5F3O3. The van der Waals surface area contributed by atoms with Crippen molar-refractivity contribution < 1.29 is 28.2 Å². The van der Waals surface area contributed by atoms with Gasteiger partial charge in [-0.3, -0.25) is 4.79 Å². The van der Waals surface area contributed by atoms with E-state index in [9.17, 15) is 18.0 Å². The van der Waals surface area contributed by atoms with Crippen molar-refractivity contribution in [3.05, 3.63) is 24.0 Å². The van der Waals surface area contributed by atoms with Crippen LogP contribution in [-0.2, 0) is 4.79 Å². The molecule has 6 heteroatoms. The maximum absolute atomic E-state index is 12.1. The summed E-state index contributed by atoms with van der Waals surface area (Å²) in [7, 11) is 0. The molecule has 0 amide bonds. The molecule has 0 aromatic carbocycles. The lowest BCUT2D eigenvalue weighted by Crippen LogP contribution is -2.43. The Bertz CT molecular complexity index is 303. The number of carbonyl (C=O) groups is 1. The van der Waals surface area contributed by atoms with Crippen molar-refractivity contribution in [2.75, 3.05) is 0 Å². The van der Waals surface area contributed by atoms with Gasteiger partial charge in [0.2, 0.25) is 11.4 Å². The van der Waals surface area contributed by atoms with Crippen LogP contribution in [0.5, 0.6) is 0 Å². The Morgan fingerprint density at radius 2 is 1.92 bits per heavy atom. The lowest BCUT2D eigenvalue weighted by molar-refractivity contribution is -0.221. The highest BCUT2D eigenvalue weighted by molar-refractivity contribution is 6.03. The van der Waals surface area contributed by atoms with E-state index in [2.05, 4.69) is 0 Å². The van der Waals surface area contributed by atoms with Gasteiger partial charge in [0.25, 0.3) is 0 Å². The summed E-state index contributed by atoms with van der Waals surface area (Å²) in [4.78, 5) is 10.5. The molecule has 1 aliphatic carbocycles. The van der Waals surface area contributed by atoms with E-state index in [1.165, 1.54) is 0 Å². The molecule has 0 aromatic rings. The number of alkyl halides is 3. The number of allylic oxidation sites excluding steroid dienone is 1. The smallest absolute Gasteiger partial charge is 0.424 e. The first-order valence-electron chi connectivity index (χ1n) is 3.21. The van der Waals surface area contributed by atoms with E-state index in [1.807, 2.05) is 0 Å². The third kappa shape index (κ3) is 1.57. The molecule has 0 saturated heterocycles. The molecule has 72 valence electrons. The minimum Gasteiger partial charge on any atom is -0.504 e. The van der Waals surface area contributed by atoms with Gasteiger partial charge >= 0.3 is 6.18 Å². The molecule has 0 radical (unpaired) electrons. The molecular weight excluding hydrogens is 189 g/mol. The molecule has 0 saturated carbocycles. The number of aliphatic hydroxyl groups is 2. The van der Waals surface area contributed by atoms with Gasteiger partial charge in [-0.25, -0.2) is 0 Å². The highest BCUT2D eigenvalue weighted by atomic mass is 19.4. The second kappa shape index (κ2) is 2.59. The van der Waals surface area contributed by atoms with Gasteiger partial charge in [0.15, 0.2) is 5.76 Å². The number of carbonyl (C=O) groups excluding carboxylic acids is 1. The van der Waals surface area contributed by atoms with Gasteiger partial charge in [0.1, 0.15) is 0 Å². The highest BCUT2D eigenvalue weighted by Crippen LogP contribution is 2.35. The van der Waals surface area contributed by atoms with Crippen LogP contribution in [0.3, 0.4) is 0 Å². The third-order valence-electron chi connectivity index (χ3n) is 1.55. The van der Waals surface area contributed by atoms with E-state index in [0.717, 1.165) is 0 Å². The average Bonchev–Trinajstić information content (AvgIpc) is 1.95. The van der Waals surface area contributed by atoms with Crippen molar-refractivity contribution >= 4 is 5.78 Å². The summed E-state index contributed by atoms with van der Waals surface area (Å²) in [5, 5.41) is 17.6. The fraction of sp³-hybridized carbons (Fsp3) is 0.286. The van der Waals surface area contributed by atoms with Crippen LogP contribution < -0.4 is 0 Å². The maximum Gasteiger partial charge on any atom is 0.424 e. The second-order valence-electron chi connectivity index (χ2n) is 2.55. The summed E-state index contributed by atoms with van der Waals surface area (Å²) in [5.74, 6) is -2.07. The van der Waals surface area contributed by atoms with Gasteiger partial charge in [-0.05, 0) is 12.2 Å². The summed E-state index contributed by atoms with van der Waals surface area (Å²) in [6.07, 6.45) is -4.12. The Balaban J connectivity index is 3.10. The van der Waals surface area contributed by atoms with Crippen LogP contribution in [0, 0.1) is 0 Å². The molecule has 0 spiro atoms. The Labute approximate surface area is 70.8 Å². The van der Waals surface area contributed by atoms with Crippen molar-refractivity contribution in [3.63, 3.8) is 0 Å². The first kappa shape index (κ1) is 9.79. The molecule has 0 fully saturated rings. The van der Waals surface area contributed by atoms with Crippen LogP contribution in [-0.4, -0.2) is 27.8 Å². The lowest BCUT2D eigenvalue weighted by Gasteiger charge is -2.25. The summed E-state index contributed by atoms with van der Waals surface area (Å²) >= 11 is 0. The van der Waals surface area contributed by atoms with Crippen LogP contribution in [0.4, 0.5) is 13.2 Å². The molecule has 1 unspecified atom stereocenters. The minimum atomic E-state index is -4.95. The fourth-order valence-electron chi connectivity index (χ4n) is 0.792. The number of halogens is 3. The van der Waals surface area contributed by atoms with Gasteiger partial charge in [-0.15, -0.1) is 0 Å². The molecule has 0 aliphatic heterocycles. The van der Waals surface area contributed by atoms with Gasteiger partial charge in [-0.2, -0.15) is 13.2 Å². The summed E-state index contributed by atoms with van der Waals surface area (Å²) in [5.41, 5.74) is -3.25. The molecule has 13 heavy (non-hydrogen) atoms. The largest absolute Gasteiger partial charge is 0.504 e. The highest BCUT2D eigenvalue weighted by Gasteiger charge is 2.52. The fourth-order valence-corrected chi connectivity index (χ4v) is 0.792. The Hall–Kier alpha value is -1.30. The first-order chi connectivity index (χ1) is 5.76. The van der Waals surface area contributed by atoms with E-state index in [1.54, 1.807) is 0 Å². The van der Waals surface area contributed by atoms with E-state index in [0.29, 0.717) is 6.08 Å². The number of ketones is 1. The molecule has 1 rings (SSSR count). The molecule has 2 N–H and O–H groups in total.